The van der Waals surface area contributed by atoms with Gasteiger partial charge in [0.05, 0.1) is 33.2 Å². The number of methoxy groups -OCH3 is 1. The van der Waals surface area contributed by atoms with Crippen molar-refractivity contribution in [3.63, 3.8) is 0 Å². The molecule has 0 amide bonds. The Morgan fingerprint density at radius 3 is 2.06 bits per heavy atom. The van der Waals surface area contributed by atoms with Crippen molar-refractivity contribution in [1.29, 1.82) is 0 Å². The molecule has 0 heterocycles. The van der Waals surface area contributed by atoms with Crippen molar-refractivity contribution in [1.82, 2.24) is 0 Å². The average Bonchev–Trinajstić information content (AvgIpc) is 2.28. The number of rotatable bonds is 7. The van der Waals surface area contributed by atoms with Gasteiger partial charge in [-0.1, -0.05) is 0 Å². The molecule has 0 aromatic rings. The highest BCUT2D eigenvalue weighted by Gasteiger charge is 2.24. The average molecular weight is 262 g/mol. The Morgan fingerprint density at radius 1 is 1.06 bits per heavy atom. The van der Waals surface area contributed by atoms with E-state index in [1.165, 1.54) is 7.11 Å². The van der Waals surface area contributed by atoms with Crippen LogP contribution in [-0.4, -0.2) is 37.3 Å². The molecule has 0 aromatic carbocycles. The lowest BCUT2D eigenvalue weighted by molar-refractivity contribution is -0.145. The quantitative estimate of drug-likeness (QED) is 0.511. The Bertz CT molecular complexity index is 277. The molecule has 98 valence electrons. The van der Waals surface area contributed by atoms with Crippen molar-refractivity contribution >= 4 is 29.2 Å². The Labute approximate surface area is 106 Å². The molecule has 0 bridgehead atoms. The van der Waals surface area contributed by atoms with E-state index in [-0.39, 0.29) is 17.9 Å². The molecule has 0 N–H and O–H groups in total. The highest BCUT2D eigenvalue weighted by Crippen LogP contribution is 2.14. The highest BCUT2D eigenvalue weighted by molar-refractivity contribution is 7.80. The zero-order valence-electron chi connectivity index (χ0n) is 10.4. The fraction of sp³-hybridized carbons (Fsp3) is 0.727. The van der Waals surface area contributed by atoms with Gasteiger partial charge in [-0.25, -0.2) is 0 Å². The fourth-order valence-electron chi connectivity index (χ4n) is 1.20. The third-order valence-electron chi connectivity index (χ3n) is 1.98. The Hall–Kier alpha value is -1.17. The largest absolute Gasteiger partial charge is 0.487 e. The molecule has 0 aromatic heterocycles. The summed E-state index contributed by atoms with van der Waals surface area (Å²) in [4.78, 5) is 22.5. The normalized spacial score (nSPS) is 11.5. The Morgan fingerprint density at radius 2 is 1.59 bits per heavy atom. The van der Waals surface area contributed by atoms with Gasteiger partial charge in [-0.05, 0) is 26.1 Å². The molecule has 0 saturated carbocycles. The summed E-state index contributed by atoms with van der Waals surface area (Å²) < 4.78 is 14.5. The van der Waals surface area contributed by atoms with Crippen molar-refractivity contribution in [3.05, 3.63) is 0 Å². The van der Waals surface area contributed by atoms with Gasteiger partial charge in [0.1, 0.15) is 0 Å². The molecular formula is C11H18O5S. The molecule has 5 nitrogen and oxygen atoms in total. The van der Waals surface area contributed by atoms with Crippen molar-refractivity contribution in [2.45, 2.75) is 26.7 Å². The van der Waals surface area contributed by atoms with Crippen molar-refractivity contribution in [2.75, 3.05) is 20.3 Å². The summed E-state index contributed by atoms with van der Waals surface area (Å²) in [5, 5.41) is 0.242. The van der Waals surface area contributed by atoms with Crippen molar-refractivity contribution < 1.29 is 23.8 Å². The van der Waals surface area contributed by atoms with E-state index < -0.39 is 17.9 Å². The van der Waals surface area contributed by atoms with Gasteiger partial charge >= 0.3 is 11.9 Å². The third kappa shape index (κ3) is 6.88. The van der Waals surface area contributed by atoms with Crippen LogP contribution in [0.5, 0.6) is 0 Å². The van der Waals surface area contributed by atoms with Crippen LogP contribution in [0.1, 0.15) is 26.7 Å². The van der Waals surface area contributed by atoms with Gasteiger partial charge in [0, 0.05) is 5.92 Å². The van der Waals surface area contributed by atoms with E-state index in [0.717, 1.165) is 0 Å². The first-order chi connectivity index (χ1) is 8.04. The van der Waals surface area contributed by atoms with Crippen molar-refractivity contribution in [2.24, 2.45) is 5.92 Å². The first-order valence-corrected chi connectivity index (χ1v) is 5.85. The monoisotopic (exact) mass is 262 g/mol. The van der Waals surface area contributed by atoms with Crippen LogP contribution in [0.2, 0.25) is 0 Å². The van der Waals surface area contributed by atoms with E-state index in [1.54, 1.807) is 13.8 Å². The summed E-state index contributed by atoms with van der Waals surface area (Å²) >= 11 is 5.01. The second-order valence-electron chi connectivity index (χ2n) is 3.24. The Balaban J connectivity index is 4.44. The summed E-state index contributed by atoms with van der Waals surface area (Å²) in [5.74, 6) is -1.30. The molecule has 0 spiro atoms. The van der Waals surface area contributed by atoms with Crippen molar-refractivity contribution in [3.8, 4) is 0 Å². The molecule has 0 rings (SSSR count). The lowest BCUT2D eigenvalue weighted by Crippen LogP contribution is -2.24. The zero-order chi connectivity index (χ0) is 13.3. The number of carbonyl (C=O) groups excluding carboxylic acids is 2. The van der Waals surface area contributed by atoms with Crippen LogP contribution in [-0.2, 0) is 23.8 Å². The predicted octanol–water partition coefficient (Wildman–Crippen LogP) is 1.48. The lowest BCUT2D eigenvalue weighted by atomic mass is 10.0. The maximum absolute atomic E-state index is 11.3. The Kier molecular flexibility index (Phi) is 8.31. The minimum atomic E-state index is -0.476. The van der Waals surface area contributed by atoms with Gasteiger partial charge in [-0.2, -0.15) is 0 Å². The van der Waals surface area contributed by atoms with Crippen LogP contribution in [0.25, 0.3) is 0 Å². The summed E-state index contributed by atoms with van der Waals surface area (Å²) in [7, 11) is 1.29. The van der Waals surface area contributed by atoms with Crippen LogP contribution in [0.15, 0.2) is 0 Å². The number of esters is 2. The molecule has 17 heavy (non-hydrogen) atoms. The first-order valence-electron chi connectivity index (χ1n) is 5.44. The van der Waals surface area contributed by atoms with E-state index in [0.29, 0.717) is 13.2 Å². The highest BCUT2D eigenvalue weighted by atomic mass is 32.1. The standard InChI is InChI=1S/C11H18O5S/c1-4-15-10(13)7-8(6-9(12)14-3)11(17)16-5-2/h8H,4-7H2,1-3H3. The van der Waals surface area contributed by atoms with Gasteiger partial charge in [0.2, 0.25) is 0 Å². The summed E-state index contributed by atoms with van der Waals surface area (Å²) in [6.07, 6.45) is 0.0515. The van der Waals surface area contributed by atoms with E-state index in [1.807, 2.05) is 0 Å². The molecule has 0 radical (unpaired) electrons. The number of ether oxygens (including phenoxy) is 3. The lowest BCUT2D eigenvalue weighted by Gasteiger charge is -2.16. The van der Waals surface area contributed by atoms with E-state index in [4.69, 9.17) is 21.7 Å². The van der Waals surface area contributed by atoms with Crippen LogP contribution in [0, 0.1) is 5.92 Å². The predicted molar refractivity (Wildman–Crippen MR) is 65.6 cm³/mol. The molecule has 0 aliphatic heterocycles. The molecule has 6 heteroatoms. The fourth-order valence-corrected chi connectivity index (χ4v) is 1.49. The second-order valence-corrected chi connectivity index (χ2v) is 3.64. The molecule has 1 unspecified atom stereocenters. The SMILES string of the molecule is CCOC(=O)CC(CC(=O)OC)C(=S)OCC. The molecular weight excluding hydrogens is 244 g/mol. The number of hydrogen-bond acceptors (Lipinski definition) is 6. The maximum atomic E-state index is 11.3. The third-order valence-corrected chi connectivity index (χ3v) is 2.43. The molecule has 0 fully saturated rings. The van der Waals surface area contributed by atoms with Gasteiger partial charge < -0.3 is 14.2 Å². The summed E-state index contributed by atoms with van der Waals surface area (Å²) in [5.41, 5.74) is 0. The number of hydrogen-bond donors (Lipinski definition) is 0. The van der Waals surface area contributed by atoms with Crippen LogP contribution in [0.4, 0.5) is 0 Å². The van der Waals surface area contributed by atoms with Crippen LogP contribution in [0.3, 0.4) is 0 Å². The first kappa shape index (κ1) is 15.8. The number of carbonyl (C=O) groups is 2. The smallest absolute Gasteiger partial charge is 0.306 e. The minimum absolute atomic E-state index is 0.0220. The summed E-state index contributed by atoms with van der Waals surface area (Å²) in [6.45, 7) is 4.20. The second kappa shape index (κ2) is 8.92. The van der Waals surface area contributed by atoms with Gasteiger partial charge in [0.25, 0.3) is 0 Å². The minimum Gasteiger partial charge on any atom is -0.487 e. The van der Waals surface area contributed by atoms with Gasteiger partial charge in [-0.15, -0.1) is 0 Å². The molecule has 0 aliphatic rings. The van der Waals surface area contributed by atoms with Gasteiger partial charge in [0.15, 0.2) is 5.05 Å². The topological polar surface area (TPSA) is 61.8 Å². The van der Waals surface area contributed by atoms with Gasteiger partial charge in [-0.3, -0.25) is 9.59 Å². The maximum Gasteiger partial charge on any atom is 0.306 e. The van der Waals surface area contributed by atoms with E-state index in [2.05, 4.69) is 4.74 Å². The molecule has 0 aliphatic carbocycles. The summed E-state index contributed by atoms with van der Waals surface area (Å²) in [6, 6.07) is 0. The van der Waals surface area contributed by atoms with Crippen LogP contribution < -0.4 is 0 Å². The van der Waals surface area contributed by atoms with E-state index in [9.17, 15) is 9.59 Å². The molecule has 0 saturated heterocycles. The molecule has 1 atom stereocenters. The zero-order valence-corrected chi connectivity index (χ0v) is 11.2. The van der Waals surface area contributed by atoms with Crippen LogP contribution >= 0.6 is 12.2 Å². The van der Waals surface area contributed by atoms with E-state index >= 15 is 0 Å². The number of thiocarbonyl (C=S) groups is 1.